The van der Waals surface area contributed by atoms with Crippen molar-refractivity contribution in [3.63, 3.8) is 0 Å². The highest BCUT2D eigenvalue weighted by molar-refractivity contribution is 7.87. The van der Waals surface area contributed by atoms with Crippen molar-refractivity contribution in [3.05, 3.63) is 110 Å². The first-order valence-corrected chi connectivity index (χ1v) is 17.9. The smallest absolute Gasteiger partial charge is 0.347 e. The molecule has 5 aromatic rings. The Morgan fingerprint density at radius 1 is 1.05 bits per heavy atom. The van der Waals surface area contributed by atoms with Crippen molar-refractivity contribution in [2.75, 3.05) is 9.03 Å². The second kappa shape index (κ2) is 13.7. The first-order valence-electron chi connectivity index (χ1n) is 12.4. The molecule has 2 unspecified atom stereocenters. The molecule has 4 N–H and O–H groups in total. The first kappa shape index (κ1) is 31.3. The lowest BCUT2D eigenvalue weighted by atomic mass is 10.0. The van der Waals surface area contributed by atoms with Gasteiger partial charge < -0.3 is 5.32 Å². The minimum atomic E-state index is -4.43. The number of halogens is 1. The van der Waals surface area contributed by atoms with Gasteiger partial charge in [-0.05, 0) is 72.0 Å². The Balaban J connectivity index is 1.41. The molecule has 3 heterocycles. The zero-order valence-electron chi connectivity index (χ0n) is 21.9. The van der Waals surface area contributed by atoms with E-state index in [1.165, 1.54) is 39.1 Å². The van der Waals surface area contributed by atoms with Crippen LogP contribution in [0, 0.1) is 0 Å². The predicted molar refractivity (Wildman–Crippen MR) is 174 cm³/mol. The average Bonchev–Trinajstić information content (AvgIpc) is 3.74. The molecule has 0 aliphatic carbocycles. The molecule has 43 heavy (non-hydrogen) atoms. The molecule has 0 spiro atoms. The molecule has 0 aliphatic heterocycles. The number of carbonyl (C=O) groups excluding carboxylic acids is 1. The SMILES string of the molecule is O=C(NCc1ccc(N(C(Cc2ccc(NS(=O)(=O)O)cc2)c2csc(-c3cccs3)n2)S(=O)O)s1)c1ccc(Cl)cc1. The minimum absolute atomic E-state index is 0.169. The van der Waals surface area contributed by atoms with Crippen molar-refractivity contribution in [1.82, 2.24) is 10.3 Å². The highest BCUT2D eigenvalue weighted by atomic mass is 35.5. The molecular formula is C27H23ClN4O6S5. The molecule has 3 aromatic heterocycles. The number of hydrogen-bond acceptors (Lipinski definition) is 8. The van der Waals surface area contributed by atoms with Gasteiger partial charge in [0.2, 0.25) is 0 Å². The van der Waals surface area contributed by atoms with Gasteiger partial charge in [0.05, 0.1) is 28.8 Å². The summed E-state index contributed by atoms with van der Waals surface area (Å²) in [5.74, 6) is -0.275. The van der Waals surface area contributed by atoms with Crippen molar-refractivity contribution in [1.29, 1.82) is 0 Å². The lowest BCUT2D eigenvalue weighted by Gasteiger charge is -2.27. The van der Waals surface area contributed by atoms with Gasteiger partial charge in [0.15, 0.2) is 0 Å². The first-order chi connectivity index (χ1) is 20.6. The van der Waals surface area contributed by atoms with E-state index in [9.17, 15) is 22.0 Å². The summed E-state index contributed by atoms with van der Waals surface area (Å²) in [7, 11) is -4.43. The number of nitrogens with zero attached hydrogens (tertiary/aromatic N) is 2. The number of hydrogen-bond donors (Lipinski definition) is 4. The summed E-state index contributed by atoms with van der Waals surface area (Å²) in [6.45, 7) is 0.212. The molecule has 0 fully saturated rings. The van der Waals surface area contributed by atoms with Crippen LogP contribution in [0.5, 0.6) is 0 Å². The van der Waals surface area contributed by atoms with Gasteiger partial charge in [0, 0.05) is 20.8 Å². The quantitative estimate of drug-likeness (QED) is 0.0843. The van der Waals surface area contributed by atoms with Gasteiger partial charge in [-0.15, -0.1) is 34.0 Å². The van der Waals surface area contributed by atoms with Crippen LogP contribution in [0.15, 0.2) is 83.6 Å². The van der Waals surface area contributed by atoms with Gasteiger partial charge in [-0.1, -0.05) is 29.8 Å². The zero-order chi connectivity index (χ0) is 30.6. The standard InChI is InChI=1S/C27H23ClN4O6S5/c28-19-7-5-18(6-8-19)26(33)29-15-21-11-12-25(41-21)32(42(34)35)23(22-16-40-27(30-22)24-2-1-13-39-24)14-17-3-9-20(10-4-17)31-43(36,37)38/h1-13,16,23,31H,14-15H2,(H,29,33)(H,34,35)(H,36,37,38). The van der Waals surface area contributed by atoms with Crippen molar-refractivity contribution in [2.24, 2.45) is 0 Å². The number of thiazole rings is 1. The lowest BCUT2D eigenvalue weighted by molar-refractivity contribution is 0.0951. The molecule has 0 saturated carbocycles. The van der Waals surface area contributed by atoms with E-state index in [0.29, 0.717) is 21.3 Å². The number of benzene rings is 2. The van der Waals surface area contributed by atoms with Gasteiger partial charge in [0.25, 0.3) is 17.2 Å². The second-order valence-electron chi connectivity index (χ2n) is 9.03. The van der Waals surface area contributed by atoms with Crippen molar-refractivity contribution < 1.29 is 26.5 Å². The van der Waals surface area contributed by atoms with E-state index in [1.807, 2.05) is 27.6 Å². The van der Waals surface area contributed by atoms with E-state index in [4.69, 9.17) is 21.1 Å². The summed E-state index contributed by atoms with van der Waals surface area (Å²) in [6.07, 6.45) is 0.257. The Morgan fingerprint density at radius 2 is 1.79 bits per heavy atom. The Morgan fingerprint density at radius 3 is 2.44 bits per heavy atom. The fourth-order valence-electron chi connectivity index (χ4n) is 4.13. The summed E-state index contributed by atoms with van der Waals surface area (Å²) in [5.41, 5.74) is 1.95. The molecule has 0 radical (unpaired) electrons. The molecule has 0 saturated heterocycles. The number of amides is 1. The normalized spacial score (nSPS) is 12.9. The molecule has 2 atom stereocenters. The minimum Gasteiger partial charge on any atom is -0.347 e. The van der Waals surface area contributed by atoms with E-state index in [-0.39, 0.29) is 24.6 Å². The summed E-state index contributed by atoms with van der Waals surface area (Å²) in [4.78, 5) is 19.1. The third kappa shape index (κ3) is 8.27. The fourth-order valence-corrected chi connectivity index (χ4v) is 8.19. The van der Waals surface area contributed by atoms with E-state index >= 15 is 0 Å². The molecule has 2 aromatic carbocycles. The molecule has 5 rings (SSSR count). The average molecular weight is 695 g/mol. The maximum Gasteiger partial charge on any atom is 0.357 e. The molecular weight excluding hydrogens is 672 g/mol. The largest absolute Gasteiger partial charge is 0.357 e. The molecule has 224 valence electrons. The number of rotatable bonds is 12. The fraction of sp³-hybridized carbons (Fsp3) is 0.111. The maximum absolute atomic E-state index is 12.9. The van der Waals surface area contributed by atoms with Crippen LogP contribution in [0.25, 0.3) is 9.88 Å². The van der Waals surface area contributed by atoms with Gasteiger partial charge in [-0.25, -0.2) is 9.19 Å². The summed E-state index contributed by atoms with van der Waals surface area (Å²) in [5, 5.41) is 8.46. The zero-order valence-corrected chi connectivity index (χ0v) is 26.8. The van der Waals surface area contributed by atoms with Crippen LogP contribution in [-0.4, -0.2) is 32.6 Å². The molecule has 16 heteroatoms. The third-order valence-corrected chi connectivity index (χ3v) is 10.7. The number of aromatic nitrogens is 1. The van der Waals surface area contributed by atoms with E-state index in [2.05, 4.69) is 5.32 Å². The highest BCUT2D eigenvalue weighted by Gasteiger charge is 2.29. The van der Waals surface area contributed by atoms with Crippen molar-refractivity contribution in [2.45, 2.75) is 19.0 Å². The summed E-state index contributed by atoms with van der Waals surface area (Å²) in [6, 6.07) is 19.5. The molecule has 0 aliphatic rings. The van der Waals surface area contributed by atoms with Gasteiger partial charge in [0.1, 0.15) is 10.0 Å². The topological polar surface area (TPSA) is 149 Å². The maximum atomic E-state index is 12.9. The van der Waals surface area contributed by atoms with Crippen molar-refractivity contribution in [3.8, 4) is 9.88 Å². The third-order valence-electron chi connectivity index (χ3n) is 6.07. The Kier molecular flexibility index (Phi) is 9.93. The van der Waals surface area contributed by atoms with E-state index in [1.54, 1.807) is 59.9 Å². The van der Waals surface area contributed by atoms with Crippen LogP contribution in [-0.2, 0) is 34.5 Å². The summed E-state index contributed by atoms with van der Waals surface area (Å²) < 4.78 is 58.2. The van der Waals surface area contributed by atoms with Crippen molar-refractivity contribution >= 4 is 83.8 Å². The number of nitrogens with one attached hydrogen (secondary N) is 2. The Bertz CT molecular complexity index is 1820. The Hall–Kier alpha value is -3.15. The number of anilines is 2. The number of thiophene rings is 2. The highest BCUT2D eigenvalue weighted by Crippen LogP contribution is 2.38. The van der Waals surface area contributed by atoms with E-state index < -0.39 is 27.6 Å². The lowest BCUT2D eigenvalue weighted by Crippen LogP contribution is -2.31. The molecule has 0 bridgehead atoms. The van der Waals surface area contributed by atoms with Crippen LogP contribution >= 0.6 is 45.6 Å². The Labute approximate surface area is 267 Å². The van der Waals surface area contributed by atoms with Gasteiger partial charge >= 0.3 is 10.3 Å². The number of carbonyl (C=O) groups is 1. The van der Waals surface area contributed by atoms with Crippen LogP contribution in [0.3, 0.4) is 0 Å². The molecule has 10 nitrogen and oxygen atoms in total. The predicted octanol–water partition coefficient (Wildman–Crippen LogP) is 6.66. The van der Waals surface area contributed by atoms with E-state index in [0.717, 1.165) is 20.3 Å². The molecule has 1 amide bonds. The summed E-state index contributed by atoms with van der Waals surface area (Å²) >= 11 is 7.70. The van der Waals surface area contributed by atoms with Crippen LogP contribution in [0.4, 0.5) is 10.7 Å². The second-order valence-corrected chi connectivity index (χ2v) is 14.4. The van der Waals surface area contributed by atoms with Crippen LogP contribution < -0.4 is 14.3 Å². The van der Waals surface area contributed by atoms with Gasteiger partial charge in [-0.2, -0.15) is 8.42 Å². The van der Waals surface area contributed by atoms with Crippen LogP contribution in [0.1, 0.15) is 32.5 Å². The van der Waals surface area contributed by atoms with Gasteiger partial charge in [-0.3, -0.25) is 22.9 Å². The monoisotopic (exact) mass is 694 g/mol. The van der Waals surface area contributed by atoms with Crippen LogP contribution in [0.2, 0.25) is 5.02 Å².